The summed E-state index contributed by atoms with van der Waals surface area (Å²) in [6.07, 6.45) is 0.679. The Bertz CT molecular complexity index is 2360. The molecule has 8 aromatic rings. The third kappa shape index (κ3) is 8.37. The molecule has 8 aromatic carbocycles. The average Bonchev–Trinajstić information content (AvgIpc) is 3.70. The van der Waals surface area contributed by atoms with Gasteiger partial charge in [-0.3, -0.25) is 4.90 Å². The monoisotopic (exact) mass is 803 g/mol. The second kappa shape index (κ2) is 18.2. The van der Waals surface area contributed by atoms with E-state index < -0.39 is 27.5 Å². The fourth-order valence-electron chi connectivity index (χ4n) is 8.57. The zero-order valence-corrected chi connectivity index (χ0v) is 34.7. The second-order valence-electron chi connectivity index (χ2n) is 15.1. The summed E-state index contributed by atoms with van der Waals surface area (Å²) in [6.45, 7) is 1.38. The predicted molar refractivity (Wildman–Crippen MR) is 247 cm³/mol. The molecule has 1 saturated heterocycles. The molecule has 1 aliphatic rings. The summed E-state index contributed by atoms with van der Waals surface area (Å²) < 4.78 is 16.2. The summed E-state index contributed by atoms with van der Waals surface area (Å²) in [7, 11) is -2.55. The van der Waals surface area contributed by atoms with Crippen molar-refractivity contribution in [3.05, 3.63) is 265 Å². The van der Waals surface area contributed by atoms with E-state index in [1.54, 1.807) is 0 Å². The molecule has 3 nitrogen and oxygen atoms in total. The Kier molecular flexibility index (Phi) is 12.0. The second-order valence-corrected chi connectivity index (χ2v) is 18.7. The van der Waals surface area contributed by atoms with E-state index in [0.717, 1.165) is 17.7 Å². The van der Waals surface area contributed by atoms with Crippen LogP contribution in [0.2, 0.25) is 0 Å². The Morgan fingerprint density at radius 2 is 0.797 bits per heavy atom. The smallest absolute Gasteiger partial charge is 0.139 e. The molecule has 290 valence electrons. The number of hydrogen-bond donors (Lipinski definition) is 0. The Labute approximate surface area is 351 Å². The van der Waals surface area contributed by atoms with Crippen LogP contribution in [0.15, 0.2) is 243 Å². The first-order chi connectivity index (χ1) is 29.2. The van der Waals surface area contributed by atoms with Gasteiger partial charge < -0.3 is 9.05 Å². The zero-order valence-electron chi connectivity index (χ0n) is 33.0. The number of rotatable bonds is 14. The minimum Gasteiger partial charge on any atom is -0.337 e. The van der Waals surface area contributed by atoms with Crippen LogP contribution in [0.25, 0.3) is 0 Å². The highest BCUT2D eigenvalue weighted by atomic mass is 31.1. The van der Waals surface area contributed by atoms with Crippen LogP contribution < -0.4 is 21.2 Å². The average molecular weight is 804 g/mol. The van der Waals surface area contributed by atoms with Gasteiger partial charge >= 0.3 is 0 Å². The van der Waals surface area contributed by atoms with Gasteiger partial charge in [-0.2, -0.15) is 0 Å². The molecule has 9 rings (SSSR count). The third-order valence-electron chi connectivity index (χ3n) is 11.3. The highest BCUT2D eigenvalue weighted by Crippen LogP contribution is 2.58. The molecule has 0 radical (unpaired) electrons. The Morgan fingerprint density at radius 3 is 1.22 bits per heavy atom. The molecule has 0 N–H and O–H groups in total. The van der Waals surface area contributed by atoms with E-state index in [0.29, 0.717) is 13.0 Å². The lowest BCUT2D eigenvalue weighted by molar-refractivity contribution is 0.0273. The fraction of sp³-hybridized carbons (Fsp3) is 0.111. The molecule has 0 amide bonds. The van der Waals surface area contributed by atoms with E-state index in [9.17, 15) is 0 Å². The first-order valence-electron chi connectivity index (χ1n) is 20.4. The van der Waals surface area contributed by atoms with Crippen molar-refractivity contribution in [3.8, 4) is 0 Å². The molecular formula is C54H47NO2P2. The van der Waals surface area contributed by atoms with Crippen LogP contribution in [-0.4, -0.2) is 17.5 Å². The molecule has 0 aliphatic carbocycles. The van der Waals surface area contributed by atoms with Crippen molar-refractivity contribution in [3.63, 3.8) is 0 Å². The molecule has 1 heterocycles. The van der Waals surface area contributed by atoms with Gasteiger partial charge in [0.05, 0.1) is 22.3 Å². The van der Waals surface area contributed by atoms with Crippen molar-refractivity contribution in [2.24, 2.45) is 0 Å². The van der Waals surface area contributed by atoms with Gasteiger partial charge in [0.25, 0.3) is 0 Å². The lowest BCUT2D eigenvalue weighted by Crippen LogP contribution is -2.50. The zero-order chi connectivity index (χ0) is 39.7. The van der Waals surface area contributed by atoms with E-state index in [1.807, 2.05) is 0 Å². The number of likely N-dealkylation sites (tertiary alicyclic amines) is 1. The van der Waals surface area contributed by atoms with Gasteiger partial charge in [-0.25, -0.2) is 0 Å². The van der Waals surface area contributed by atoms with Gasteiger partial charge in [-0.15, -0.1) is 0 Å². The summed E-state index contributed by atoms with van der Waals surface area (Å²) in [4.78, 5) is 2.66. The molecule has 0 bridgehead atoms. The first kappa shape index (κ1) is 39.0. The van der Waals surface area contributed by atoms with Crippen LogP contribution in [0.4, 0.5) is 0 Å². The van der Waals surface area contributed by atoms with Crippen molar-refractivity contribution in [1.29, 1.82) is 0 Å². The maximum absolute atomic E-state index is 8.21. The third-order valence-corrected chi connectivity index (χ3v) is 15.4. The Morgan fingerprint density at radius 1 is 0.441 bits per heavy atom. The minimum atomic E-state index is -1.32. The van der Waals surface area contributed by atoms with Crippen molar-refractivity contribution in [2.45, 2.75) is 30.2 Å². The number of benzene rings is 8. The van der Waals surface area contributed by atoms with Gasteiger partial charge in [0.15, 0.2) is 0 Å². The molecule has 0 unspecified atom stereocenters. The van der Waals surface area contributed by atoms with Gasteiger partial charge in [0.1, 0.15) is 11.2 Å². The molecule has 1 fully saturated rings. The van der Waals surface area contributed by atoms with Crippen LogP contribution >= 0.6 is 16.3 Å². The van der Waals surface area contributed by atoms with Crippen LogP contribution in [0.5, 0.6) is 0 Å². The summed E-state index contributed by atoms with van der Waals surface area (Å²) >= 11 is 0. The van der Waals surface area contributed by atoms with Crippen molar-refractivity contribution in [1.82, 2.24) is 4.90 Å². The van der Waals surface area contributed by atoms with Crippen LogP contribution in [0.1, 0.15) is 28.7 Å². The van der Waals surface area contributed by atoms with Crippen molar-refractivity contribution < 1.29 is 9.05 Å². The SMILES string of the molecule is c1ccc(CN2C[C@@](OP(c3ccccc3)c3ccccc3)(c3ccccc3)C[C@H]2C(OP(c2ccccc2)c2ccccc2)(c2ccccc2)c2ccccc2)cc1. The molecule has 1 aliphatic heterocycles. The van der Waals surface area contributed by atoms with Crippen molar-refractivity contribution >= 4 is 37.5 Å². The number of nitrogens with zero attached hydrogens (tertiary/aromatic N) is 1. The molecule has 5 heteroatoms. The van der Waals surface area contributed by atoms with Crippen molar-refractivity contribution in [2.75, 3.05) is 6.54 Å². The summed E-state index contributed by atoms with van der Waals surface area (Å²) in [5, 5.41) is 4.71. The van der Waals surface area contributed by atoms with E-state index in [2.05, 4.69) is 248 Å². The van der Waals surface area contributed by atoms with Gasteiger partial charge in [0.2, 0.25) is 0 Å². The standard InChI is InChI=1S/C54H47NO2P2/c1-9-25-44(26-10-1)42-55-43-53(45-27-11-2-12-28-45,56-58(48-33-17-5-18-34-48)49-35-19-6-20-36-49)41-52(55)54(46-29-13-3-14-30-46,47-31-15-4-16-32-47)57-59(50-37-21-7-22-38-50)51-39-23-8-24-40-51/h1-40,52H,41-43H2/t52-,53+/m0/s1. The van der Waals surface area contributed by atoms with E-state index in [-0.39, 0.29) is 6.04 Å². The van der Waals surface area contributed by atoms with E-state index >= 15 is 0 Å². The van der Waals surface area contributed by atoms with Gasteiger partial charge in [-0.05, 0) is 22.3 Å². The van der Waals surface area contributed by atoms with Gasteiger partial charge in [0, 0.05) is 40.7 Å². The number of hydrogen-bond acceptors (Lipinski definition) is 3. The normalized spacial score (nSPS) is 17.0. The maximum Gasteiger partial charge on any atom is 0.139 e. The largest absolute Gasteiger partial charge is 0.337 e. The molecular weight excluding hydrogens is 757 g/mol. The van der Waals surface area contributed by atoms with Crippen LogP contribution in [-0.2, 0) is 26.8 Å². The molecule has 0 spiro atoms. The van der Waals surface area contributed by atoms with Crippen LogP contribution in [0, 0.1) is 0 Å². The maximum atomic E-state index is 8.21. The highest BCUT2D eigenvalue weighted by molar-refractivity contribution is 7.68. The molecule has 0 aromatic heterocycles. The first-order valence-corrected chi connectivity index (χ1v) is 22.9. The highest BCUT2D eigenvalue weighted by Gasteiger charge is 2.58. The lowest BCUT2D eigenvalue weighted by atomic mass is 9.77. The summed E-state index contributed by atoms with van der Waals surface area (Å²) in [5.74, 6) is 0. The molecule has 0 saturated carbocycles. The summed E-state index contributed by atoms with van der Waals surface area (Å²) in [5.41, 5.74) is 3.01. The Balaban J connectivity index is 1.30. The molecule has 59 heavy (non-hydrogen) atoms. The fourth-order valence-corrected chi connectivity index (χ4v) is 12.6. The minimum absolute atomic E-state index is 0.173. The van der Waals surface area contributed by atoms with E-state index in [4.69, 9.17) is 9.05 Å². The topological polar surface area (TPSA) is 21.7 Å². The lowest BCUT2D eigenvalue weighted by Gasteiger charge is -2.46. The molecule has 2 atom stereocenters. The predicted octanol–water partition coefficient (Wildman–Crippen LogP) is 11.2. The quantitative estimate of drug-likeness (QED) is 0.102. The summed E-state index contributed by atoms with van der Waals surface area (Å²) in [6, 6.07) is 86.7. The Hall–Kier alpha value is -5.50. The van der Waals surface area contributed by atoms with E-state index in [1.165, 1.54) is 32.3 Å². The van der Waals surface area contributed by atoms with Gasteiger partial charge in [-0.1, -0.05) is 243 Å². The van der Waals surface area contributed by atoms with Crippen LogP contribution in [0.3, 0.4) is 0 Å².